The van der Waals surface area contributed by atoms with Gasteiger partial charge in [-0.05, 0) is 31.5 Å². The number of hydrogen-bond acceptors (Lipinski definition) is 5. The van der Waals surface area contributed by atoms with E-state index in [2.05, 4.69) is 20.8 Å². The van der Waals surface area contributed by atoms with Gasteiger partial charge in [0.1, 0.15) is 0 Å². The largest absolute Gasteiger partial charge is 0.351 e. The maximum atomic E-state index is 11.6. The van der Waals surface area contributed by atoms with E-state index in [-0.39, 0.29) is 11.7 Å². The van der Waals surface area contributed by atoms with Crippen LogP contribution in [0, 0.1) is 6.92 Å². The number of amides is 1. The molecule has 0 aliphatic rings. The quantitative estimate of drug-likeness (QED) is 0.744. The third kappa shape index (κ3) is 4.47. The third-order valence-corrected chi connectivity index (χ3v) is 2.72. The number of rotatable bonds is 7. The number of pyridine rings is 1. The molecule has 2 N–H and O–H groups in total. The van der Waals surface area contributed by atoms with Gasteiger partial charge >= 0.3 is 0 Å². The van der Waals surface area contributed by atoms with Gasteiger partial charge in [0.2, 0.25) is 5.76 Å². The lowest BCUT2D eigenvalue weighted by atomic mass is 10.3. The summed E-state index contributed by atoms with van der Waals surface area (Å²) in [5, 5.41) is 9.75. The van der Waals surface area contributed by atoms with E-state index in [1.54, 1.807) is 19.2 Å². The fourth-order valence-corrected chi connectivity index (χ4v) is 1.71. The van der Waals surface area contributed by atoms with Crippen LogP contribution in [0.5, 0.6) is 0 Å². The molecule has 0 atom stereocenters. The predicted octanol–water partition coefficient (Wildman–Crippen LogP) is 1.29. The number of carbonyl (C=O) groups excluding carboxylic acids is 1. The third-order valence-electron chi connectivity index (χ3n) is 2.72. The number of hydrogen-bond donors (Lipinski definition) is 2. The van der Waals surface area contributed by atoms with Crippen molar-refractivity contribution in [2.24, 2.45) is 0 Å². The summed E-state index contributed by atoms with van der Waals surface area (Å²) in [6.07, 6.45) is 4.43. The summed E-state index contributed by atoms with van der Waals surface area (Å²) < 4.78 is 4.88. The van der Waals surface area contributed by atoms with Crippen LogP contribution in [-0.4, -0.2) is 29.1 Å². The van der Waals surface area contributed by atoms with Crippen LogP contribution in [0.1, 0.15) is 28.2 Å². The second-order valence-electron chi connectivity index (χ2n) is 4.48. The molecule has 0 radical (unpaired) electrons. The van der Waals surface area contributed by atoms with E-state index < -0.39 is 0 Å². The van der Waals surface area contributed by atoms with Crippen molar-refractivity contribution in [3.8, 4) is 0 Å². The molecule has 1 amide bonds. The Morgan fingerprint density at radius 1 is 1.40 bits per heavy atom. The number of aryl methyl sites for hydroxylation is 1. The first-order chi connectivity index (χ1) is 9.75. The molecule has 0 aliphatic heterocycles. The highest BCUT2D eigenvalue weighted by atomic mass is 16.5. The van der Waals surface area contributed by atoms with Crippen LogP contribution in [0.4, 0.5) is 0 Å². The number of carbonyl (C=O) groups is 1. The fourth-order valence-electron chi connectivity index (χ4n) is 1.71. The molecule has 6 nitrogen and oxygen atoms in total. The summed E-state index contributed by atoms with van der Waals surface area (Å²) in [5.74, 6) is 0.0312. The van der Waals surface area contributed by atoms with E-state index in [1.165, 1.54) is 0 Å². The average Bonchev–Trinajstić information content (AvgIpc) is 2.90. The van der Waals surface area contributed by atoms with Crippen LogP contribution >= 0.6 is 0 Å². The van der Waals surface area contributed by atoms with Crippen LogP contribution in [0.2, 0.25) is 0 Å². The highest BCUT2D eigenvalue weighted by molar-refractivity contribution is 5.91. The molecule has 20 heavy (non-hydrogen) atoms. The first-order valence-electron chi connectivity index (χ1n) is 6.57. The normalized spacial score (nSPS) is 10.4. The van der Waals surface area contributed by atoms with Gasteiger partial charge in [-0.25, -0.2) is 0 Å². The summed E-state index contributed by atoms with van der Waals surface area (Å²) >= 11 is 0. The molecule has 0 saturated heterocycles. The molecular weight excluding hydrogens is 256 g/mol. The van der Waals surface area contributed by atoms with E-state index >= 15 is 0 Å². The molecule has 6 heteroatoms. The summed E-state index contributed by atoms with van der Waals surface area (Å²) in [6, 6.07) is 5.56. The minimum Gasteiger partial charge on any atom is -0.351 e. The number of aromatic nitrogens is 2. The van der Waals surface area contributed by atoms with Gasteiger partial charge in [0, 0.05) is 31.5 Å². The van der Waals surface area contributed by atoms with Crippen molar-refractivity contribution in [3.05, 3.63) is 47.6 Å². The van der Waals surface area contributed by atoms with Crippen LogP contribution < -0.4 is 10.6 Å². The SMILES string of the molecule is Cc1cc(C(=O)NCCCNCc2cccnc2)on1. The van der Waals surface area contributed by atoms with Crippen LogP contribution in [0.3, 0.4) is 0 Å². The monoisotopic (exact) mass is 274 g/mol. The van der Waals surface area contributed by atoms with Gasteiger partial charge in [0.05, 0.1) is 5.69 Å². The molecule has 0 bridgehead atoms. The van der Waals surface area contributed by atoms with Crippen molar-refractivity contribution in [1.29, 1.82) is 0 Å². The summed E-state index contributed by atoms with van der Waals surface area (Å²) in [7, 11) is 0. The molecule has 106 valence electrons. The standard InChI is InChI=1S/C14H18N4O2/c1-11-8-13(20-18-11)14(19)17-7-3-6-16-10-12-4-2-5-15-9-12/h2,4-5,8-9,16H,3,6-7,10H2,1H3,(H,17,19). The lowest BCUT2D eigenvalue weighted by molar-refractivity contribution is 0.0916. The van der Waals surface area contributed by atoms with Crippen molar-refractivity contribution in [2.75, 3.05) is 13.1 Å². The summed E-state index contributed by atoms with van der Waals surface area (Å²) in [4.78, 5) is 15.7. The average molecular weight is 274 g/mol. The van der Waals surface area contributed by atoms with Crippen LogP contribution in [-0.2, 0) is 6.54 Å². The fraction of sp³-hybridized carbons (Fsp3) is 0.357. The van der Waals surface area contributed by atoms with Gasteiger partial charge < -0.3 is 15.2 Å². The van der Waals surface area contributed by atoms with E-state index in [0.29, 0.717) is 12.2 Å². The molecule has 0 spiro atoms. The van der Waals surface area contributed by atoms with Crippen molar-refractivity contribution >= 4 is 5.91 Å². The maximum absolute atomic E-state index is 11.6. The Morgan fingerprint density at radius 2 is 2.30 bits per heavy atom. The minimum atomic E-state index is -0.224. The number of nitrogens with one attached hydrogen (secondary N) is 2. The van der Waals surface area contributed by atoms with Crippen molar-refractivity contribution in [2.45, 2.75) is 19.9 Å². The van der Waals surface area contributed by atoms with Gasteiger partial charge in [-0.2, -0.15) is 0 Å². The Morgan fingerprint density at radius 3 is 3.00 bits per heavy atom. The zero-order chi connectivity index (χ0) is 14.2. The van der Waals surface area contributed by atoms with Gasteiger partial charge in [-0.1, -0.05) is 11.2 Å². The Kier molecular flexibility index (Phi) is 5.25. The lowest BCUT2D eigenvalue weighted by Crippen LogP contribution is -2.27. The first-order valence-corrected chi connectivity index (χ1v) is 6.57. The molecule has 2 aromatic rings. The highest BCUT2D eigenvalue weighted by Crippen LogP contribution is 2.01. The molecule has 0 fully saturated rings. The Labute approximate surface area is 117 Å². The molecule has 2 rings (SSSR count). The molecule has 2 heterocycles. The zero-order valence-electron chi connectivity index (χ0n) is 11.4. The molecule has 2 aromatic heterocycles. The Bertz CT molecular complexity index is 539. The topological polar surface area (TPSA) is 80.0 Å². The molecule has 0 aromatic carbocycles. The van der Waals surface area contributed by atoms with Gasteiger partial charge in [-0.3, -0.25) is 9.78 Å². The van der Waals surface area contributed by atoms with Gasteiger partial charge in [-0.15, -0.1) is 0 Å². The molecule has 0 aliphatic carbocycles. The van der Waals surface area contributed by atoms with Crippen molar-refractivity contribution in [3.63, 3.8) is 0 Å². The highest BCUT2D eigenvalue weighted by Gasteiger charge is 2.09. The van der Waals surface area contributed by atoms with Crippen LogP contribution in [0.15, 0.2) is 35.1 Å². The first kappa shape index (κ1) is 14.2. The zero-order valence-corrected chi connectivity index (χ0v) is 11.4. The number of nitrogens with zero attached hydrogens (tertiary/aromatic N) is 2. The van der Waals surface area contributed by atoms with Crippen molar-refractivity contribution < 1.29 is 9.32 Å². The van der Waals surface area contributed by atoms with Crippen molar-refractivity contribution in [1.82, 2.24) is 20.8 Å². The lowest BCUT2D eigenvalue weighted by Gasteiger charge is -2.05. The Balaban J connectivity index is 1.57. The second-order valence-corrected chi connectivity index (χ2v) is 4.48. The van der Waals surface area contributed by atoms with E-state index in [9.17, 15) is 4.79 Å². The maximum Gasteiger partial charge on any atom is 0.289 e. The van der Waals surface area contributed by atoms with Gasteiger partial charge in [0.25, 0.3) is 5.91 Å². The second kappa shape index (κ2) is 7.40. The minimum absolute atomic E-state index is 0.224. The van der Waals surface area contributed by atoms with E-state index in [0.717, 1.165) is 25.1 Å². The summed E-state index contributed by atoms with van der Waals surface area (Å²) in [5.41, 5.74) is 1.85. The van der Waals surface area contributed by atoms with Crippen LogP contribution in [0.25, 0.3) is 0 Å². The summed E-state index contributed by atoms with van der Waals surface area (Å²) in [6.45, 7) is 3.98. The molecular formula is C14H18N4O2. The Hall–Kier alpha value is -2.21. The van der Waals surface area contributed by atoms with E-state index in [1.807, 2.05) is 18.3 Å². The smallest absolute Gasteiger partial charge is 0.289 e. The molecule has 0 unspecified atom stereocenters. The van der Waals surface area contributed by atoms with E-state index in [4.69, 9.17) is 4.52 Å². The predicted molar refractivity (Wildman–Crippen MR) is 74.1 cm³/mol. The van der Waals surface area contributed by atoms with Gasteiger partial charge in [0.15, 0.2) is 0 Å². The molecule has 0 saturated carbocycles.